The second-order valence-electron chi connectivity index (χ2n) is 3.84. The van der Waals surface area contributed by atoms with Crippen LogP contribution in [-0.4, -0.2) is 43.4 Å². The Morgan fingerprint density at radius 2 is 2.00 bits per heavy atom. The summed E-state index contributed by atoms with van der Waals surface area (Å²) in [6, 6.07) is -0.339. The lowest BCUT2D eigenvalue weighted by Gasteiger charge is -2.09. The summed E-state index contributed by atoms with van der Waals surface area (Å²) in [5.41, 5.74) is 0. The lowest BCUT2D eigenvalue weighted by molar-refractivity contribution is -0.140. The molecule has 0 aliphatic carbocycles. The number of ether oxygens (including phenoxy) is 1. The maximum absolute atomic E-state index is 11.2. The molecular formula is C11H22N2O4. The number of carboxylic acids is 1. The molecule has 17 heavy (non-hydrogen) atoms. The second-order valence-corrected chi connectivity index (χ2v) is 3.84. The highest BCUT2D eigenvalue weighted by Gasteiger charge is 2.11. The summed E-state index contributed by atoms with van der Waals surface area (Å²) in [5.74, 6) is -1.49. The summed E-state index contributed by atoms with van der Waals surface area (Å²) in [7, 11) is 0. The smallest absolute Gasteiger partial charge is 0.314 e. The van der Waals surface area contributed by atoms with Crippen molar-refractivity contribution in [1.29, 1.82) is 0 Å². The third-order valence-corrected chi connectivity index (χ3v) is 2.09. The van der Waals surface area contributed by atoms with Crippen LogP contribution in [0.4, 0.5) is 4.79 Å². The van der Waals surface area contributed by atoms with Crippen molar-refractivity contribution in [2.45, 2.75) is 26.7 Å². The Kier molecular flexibility index (Phi) is 9.14. The van der Waals surface area contributed by atoms with Gasteiger partial charge in [0.15, 0.2) is 0 Å². The zero-order valence-corrected chi connectivity index (χ0v) is 10.5. The number of carbonyl (C=O) groups is 2. The zero-order chi connectivity index (χ0) is 13.1. The van der Waals surface area contributed by atoms with E-state index in [1.165, 1.54) is 0 Å². The van der Waals surface area contributed by atoms with E-state index in [1.54, 1.807) is 6.92 Å². The molecule has 0 rings (SSSR count). The molecule has 0 spiro atoms. The van der Waals surface area contributed by atoms with Crippen molar-refractivity contribution >= 4 is 12.0 Å². The molecule has 0 saturated carbocycles. The lowest BCUT2D eigenvalue weighted by atomic mass is 10.2. The van der Waals surface area contributed by atoms with Crippen molar-refractivity contribution in [2.24, 2.45) is 5.92 Å². The van der Waals surface area contributed by atoms with Gasteiger partial charge in [0.05, 0.1) is 5.92 Å². The fourth-order valence-corrected chi connectivity index (χ4v) is 1.02. The first-order chi connectivity index (χ1) is 8.07. The number of aliphatic carboxylic acids is 1. The van der Waals surface area contributed by atoms with Crippen LogP contribution in [0.5, 0.6) is 0 Å². The molecule has 2 amide bonds. The van der Waals surface area contributed by atoms with Crippen LogP contribution in [0.25, 0.3) is 0 Å². The van der Waals surface area contributed by atoms with Gasteiger partial charge in [-0.2, -0.15) is 0 Å². The Balaban J connectivity index is 3.38. The molecular weight excluding hydrogens is 224 g/mol. The third kappa shape index (κ3) is 9.62. The van der Waals surface area contributed by atoms with Crippen LogP contribution in [0.15, 0.2) is 0 Å². The first-order valence-electron chi connectivity index (χ1n) is 5.90. The topological polar surface area (TPSA) is 87.7 Å². The average molecular weight is 246 g/mol. The van der Waals surface area contributed by atoms with Crippen molar-refractivity contribution in [3.63, 3.8) is 0 Å². The zero-order valence-electron chi connectivity index (χ0n) is 10.5. The van der Waals surface area contributed by atoms with Gasteiger partial charge in [-0.3, -0.25) is 4.79 Å². The van der Waals surface area contributed by atoms with Crippen molar-refractivity contribution in [3.8, 4) is 0 Å². The van der Waals surface area contributed by atoms with Crippen LogP contribution in [-0.2, 0) is 9.53 Å². The van der Waals surface area contributed by atoms with E-state index >= 15 is 0 Å². The summed E-state index contributed by atoms with van der Waals surface area (Å²) < 4.78 is 5.24. The quantitative estimate of drug-likeness (QED) is 0.526. The van der Waals surface area contributed by atoms with Crippen LogP contribution in [0.3, 0.4) is 0 Å². The van der Waals surface area contributed by atoms with Gasteiger partial charge in [-0.25, -0.2) is 4.79 Å². The number of hydrogen-bond acceptors (Lipinski definition) is 3. The van der Waals surface area contributed by atoms with Crippen LogP contribution < -0.4 is 10.6 Å². The predicted molar refractivity (Wildman–Crippen MR) is 63.9 cm³/mol. The Labute approximate surface area is 102 Å². The van der Waals surface area contributed by atoms with Gasteiger partial charge in [0.1, 0.15) is 0 Å². The van der Waals surface area contributed by atoms with E-state index in [9.17, 15) is 9.59 Å². The number of urea groups is 1. The van der Waals surface area contributed by atoms with Crippen LogP contribution >= 0.6 is 0 Å². The van der Waals surface area contributed by atoms with E-state index in [4.69, 9.17) is 9.84 Å². The average Bonchev–Trinajstić information content (AvgIpc) is 2.30. The van der Waals surface area contributed by atoms with E-state index in [-0.39, 0.29) is 12.6 Å². The SMILES string of the molecule is CCCOCCCNC(=O)NCC(C)C(=O)O. The lowest BCUT2D eigenvalue weighted by Crippen LogP contribution is -2.39. The van der Waals surface area contributed by atoms with Crippen LogP contribution in [0.1, 0.15) is 26.7 Å². The van der Waals surface area contributed by atoms with E-state index in [2.05, 4.69) is 10.6 Å². The minimum absolute atomic E-state index is 0.132. The first kappa shape index (κ1) is 15.7. The molecule has 1 atom stereocenters. The van der Waals surface area contributed by atoms with E-state index < -0.39 is 11.9 Å². The van der Waals surface area contributed by atoms with E-state index in [0.29, 0.717) is 13.2 Å². The molecule has 6 nitrogen and oxygen atoms in total. The molecule has 0 saturated heterocycles. The van der Waals surface area contributed by atoms with Crippen molar-refractivity contribution in [3.05, 3.63) is 0 Å². The monoisotopic (exact) mass is 246 g/mol. The summed E-state index contributed by atoms with van der Waals surface area (Å²) in [5, 5.41) is 13.7. The van der Waals surface area contributed by atoms with Crippen LogP contribution in [0.2, 0.25) is 0 Å². The molecule has 0 aromatic rings. The maximum Gasteiger partial charge on any atom is 0.314 e. The molecule has 0 bridgehead atoms. The van der Waals surface area contributed by atoms with E-state index in [1.807, 2.05) is 6.92 Å². The number of rotatable bonds is 9. The Morgan fingerprint density at radius 1 is 1.29 bits per heavy atom. The van der Waals surface area contributed by atoms with Gasteiger partial charge in [0.2, 0.25) is 0 Å². The molecule has 0 aromatic carbocycles. The largest absolute Gasteiger partial charge is 0.481 e. The Hall–Kier alpha value is -1.30. The van der Waals surface area contributed by atoms with Crippen molar-refractivity contribution in [2.75, 3.05) is 26.3 Å². The first-order valence-corrected chi connectivity index (χ1v) is 5.90. The minimum Gasteiger partial charge on any atom is -0.481 e. The maximum atomic E-state index is 11.2. The summed E-state index contributed by atoms with van der Waals surface area (Å²) in [4.78, 5) is 21.7. The molecule has 0 aliphatic heterocycles. The molecule has 3 N–H and O–H groups in total. The van der Waals surface area contributed by atoms with Gasteiger partial charge in [0.25, 0.3) is 0 Å². The molecule has 0 radical (unpaired) electrons. The van der Waals surface area contributed by atoms with Crippen molar-refractivity contribution < 1.29 is 19.4 Å². The van der Waals surface area contributed by atoms with Crippen molar-refractivity contribution in [1.82, 2.24) is 10.6 Å². The van der Waals surface area contributed by atoms with Gasteiger partial charge >= 0.3 is 12.0 Å². The molecule has 0 aliphatic rings. The highest BCUT2D eigenvalue weighted by Crippen LogP contribution is 1.91. The highest BCUT2D eigenvalue weighted by molar-refractivity contribution is 5.75. The van der Waals surface area contributed by atoms with Gasteiger partial charge < -0.3 is 20.5 Å². The van der Waals surface area contributed by atoms with Gasteiger partial charge in [0, 0.05) is 26.3 Å². The van der Waals surface area contributed by atoms with E-state index in [0.717, 1.165) is 19.4 Å². The number of nitrogens with one attached hydrogen (secondary N) is 2. The van der Waals surface area contributed by atoms with Gasteiger partial charge in [-0.05, 0) is 12.8 Å². The number of amides is 2. The Bertz CT molecular complexity index is 234. The minimum atomic E-state index is -0.918. The summed E-state index contributed by atoms with van der Waals surface area (Å²) in [6.45, 7) is 5.60. The fourth-order valence-electron chi connectivity index (χ4n) is 1.02. The normalized spacial score (nSPS) is 11.9. The standard InChI is InChI=1S/C11H22N2O4/c1-3-6-17-7-4-5-12-11(16)13-8-9(2)10(14)15/h9H,3-8H2,1-2H3,(H,14,15)(H2,12,13,16). The molecule has 1 unspecified atom stereocenters. The summed E-state index contributed by atoms with van der Waals surface area (Å²) in [6.07, 6.45) is 1.74. The highest BCUT2D eigenvalue weighted by atomic mass is 16.5. The Morgan fingerprint density at radius 3 is 2.59 bits per heavy atom. The second kappa shape index (κ2) is 9.89. The van der Waals surface area contributed by atoms with Crippen LogP contribution in [0, 0.1) is 5.92 Å². The predicted octanol–water partition coefficient (Wildman–Crippen LogP) is 0.823. The molecule has 0 heterocycles. The van der Waals surface area contributed by atoms with Gasteiger partial charge in [-0.15, -0.1) is 0 Å². The number of carboxylic acid groups (broad SMARTS) is 1. The molecule has 0 aromatic heterocycles. The third-order valence-electron chi connectivity index (χ3n) is 2.09. The molecule has 0 fully saturated rings. The van der Waals surface area contributed by atoms with Gasteiger partial charge in [-0.1, -0.05) is 13.8 Å². The summed E-state index contributed by atoms with van der Waals surface area (Å²) >= 11 is 0. The number of hydrogen-bond donors (Lipinski definition) is 3. The molecule has 100 valence electrons. The number of carbonyl (C=O) groups excluding carboxylic acids is 1. The fraction of sp³-hybridized carbons (Fsp3) is 0.818. The molecule has 6 heteroatoms.